The molecule has 6 heteroatoms. The van der Waals surface area contributed by atoms with Crippen molar-refractivity contribution in [3.8, 4) is 0 Å². The maximum atomic E-state index is 12.3. The molecule has 21 heavy (non-hydrogen) atoms. The van der Waals surface area contributed by atoms with Gasteiger partial charge in [0.25, 0.3) is 5.56 Å². The second-order valence-electron chi connectivity index (χ2n) is 4.67. The SMILES string of the molecule is CCc1c(C)nc2sc(SCc3ccccc3)nn2c1=O. The van der Waals surface area contributed by atoms with Crippen molar-refractivity contribution in [3.63, 3.8) is 0 Å². The lowest BCUT2D eigenvalue weighted by Crippen LogP contribution is -2.21. The van der Waals surface area contributed by atoms with Gasteiger partial charge in [-0.25, -0.2) is 4.98 Å². The summed E-state index contributed by atoms with van der Waals surface area (Å²) in [5.41, 5.74) is 2.76. The summed E-state index contributed by atoms with van der Waals surface area (Å²) in [6, 6.07) is 10.2. The molecule has 0 unspecified atom stereocenters. The number of fused-ring (bicyclic) bond motifs is 1. The molecule has 3 rings (SSSR count). The summed E-state index contributed by atoms with van der Waals surface area (Å²) < 4.78 is 2.31. The van der Waals surface area contributed by atoms with Gasteiger partial charge in [-0.05, 0) is 18.9 Å². The molecule has 1 aromatic carbocycles. The first-order valence-corrected chi connectivity index (χ1v) is 8.55. The van der Waals surface area contributed by atoms with Crippen LogP contribution in [0, 0.1) is 6.92 Å². The number of aryl methyl sites for hydroxylation is 1. The minimum Gasteiger partial charge on any atom is -0.267 e. The van der Waals surface area contributed by atoms with E-state index in [1.54, 1.807) is 11.8 Å². The van der Waals surface area contributed by atoms with E-state index >= 15 is 0 Å². The van der Waals surface area contributed by atoms with E-state index in [1.807, 2.05) is 32.0 Å². The Bertz CT molecular complexity index is 824. The lowest BCUT2D eigenvalue weighted by molar-refractivity contribution is 0.824. The van der Waals surface area contributed by atoms with Gasteiger partial charge < -0.3 is 0 Å². The van der Waals surface area contributed by atoms with Crippen molar-refractivity contribution < 1.29 is 0 Å². The van der Waals surface area contributed by atoms with E-state index in [4.69, 9.17) is 0 Å². The maximum absolute atomic E-state index is 12.3. The zero-order valence-electron chi connectivity index (χ0n) is 11.9. The zero-order chi connectivity index (χ0) is 14.8. The van der Waals surface area contributed by atoms with E-state index in [-0.39, 0.29) is 5.56 Å². The van der Waals surface area contributed by atoms with Crippen molar-refractivity contribution in [1.82, 2.24) is 14.6 Å². The molecule has 0 N–H and O–H groups in total. The van der Waals surface area contributed by atoms with Crippen LogP contribution in [-0.2, 0) is 12.2 Å². The molecule has 0 spiro atoms. The molecule has 4 nitrogen and oxygen atoms in total. The van der Waals surface area contributed by atoms with Crippen molar-refractivity contribution in [2.45, 2.75) is 30.4 Å². The van der Waals surface area contributed by atoms with Crippen molar-refractivity contribution in [3.05, 3.63) is 57.5 Å². The van der Waals surface area contributed by atoms with Crippen LogP contribution in [0.25, 0.3) is 4.96 Å². The summed E-state index contributed by atoms with van der Waals surface area (Å²) in [4.78, 5) is 17.5. The normalized spacial score (nSPS) is 11.1. The summed E-state index contributed by atoms with van der Waals surface area (Å²) in [6.07, 6.45) is 0.685. The number of rotatable bonds is 4. The molecule has 108 valence electrons. The van der Waals surface area contributed by atoms with E-state index in [0.29, 0.717) is 11.4 Å². The predicted octanol–water partition coefficient (Wildman–Crippen LogP) is 3.31. The van der Waals surface area contributed by atoms with Crippen LogP contribution in [-0.4, -0.2) is 14.6 Å². The maximum Gasteiger partial charge on any atom is 0.278 e. The van der Waals surface area contributed by atoms with Gasteiger partial charge in [0.05, 0.1) is 0 Å². The van der Waals surface area contributed by atoms with Crippen LogP contribution in [0.2, 0.25) is 0 Å². The monoisotopic (exact) mass is 317 g/mol. The molecule has 0 radical (unpaired) electrons. The Morgan fingerprint density at radius 2 is 2.05 bits per heavy atom. The Balaban J connectivity index is 1.91. The van der Waals surface area contributed by atoms with E-state index in [1.165, 1.54) is 21.4 Å². The number of hydrogen-bond acceptors (Lipinski definition) is 5. The quantitative estimate of drug-likeness (QED) is 0.693. The highest BCUT2D eigenvalue weighted by molar-refractivity contribution is 8.00. The fraction of sp³-hybridized carbons (Fsp3) is 0.267. The minimum absolute atomic E-state index is 0.0391. The molecule has 0 saturated carbocycles. The Labute approximate surface area is 130 Å². The van der Waals surface area contributed by atoms with Gasteiger partial charge in [-0.2, -0.15) is 4.52 Å². The molecule has 0 saturated heterocycles. The molecule has 3 aromatic rings. The minimum atomic E-state index is -0.0391. The average Bonchev–Trinajstić information content (AvgIpc) is 2.90. The van der Waals surface area contributed by atoms with Crippen LogP contribution in [0.1, 0.15) is 23.7 Å². The van der Waals surface area contributed by atoms with Crippen molar-refractivity contribution in [1.29, 1.82) is 0 Å². The number of aromatic nitrogens is 3. The Morgan fingerprint density at radius 3 is 2.76 bits per heavy atom. The third-order valence-electron chi connectivity index (χ3n) is 3.25. The van der Waals surface area contributed by atoms with Gasteiger partial charge in [-0.15, -0.1) is 5.10 Å². The second-order valence-corrected chi connectivity index (χ2v) is 6.85. The van der Waals surface area contributed by atoms with E-state index in [9.17, 15) is 4.79 Å². The van der Waals surface area contributed by atoms with Gasteiger partial charge in [0.15, 0.2) is 4.34 Å². The predicted molar refractivity (Wildman–Crippen MR) is 87.3 cm³/mol. The first-order valence-electron chi connectivity index (χ1n) is 6.75. The molecule has 0 fully saturated rings. The molecule has 0 aliphatic rings. The molecule has 0 atom stereocenters. The second kappa shape index (κ2) is 5.99. The van der Waals surface area contributed by atoms with E-state index < -0.39 is 0 Å². The highest BCUT2D eigenvalue weighted by Gasteiger charge is 2.12. The lowest BCUT2D eigenvalue weighted by Gasteiger charge is -1.99. The molecule has 0 aliphatic carbocycles. The number of thioether (sulfide) groups is 1. The van der Waals surface area contributed by atoms with Gasteiger partial charge in [-0.1, -0.05) is 60.4 Å². The fourth-order valence-corrected chi connectivity index (χ4v) is 4.08. The van der Waals surface area contributed by atoms with Gasteiger partial charge in [-0.3, -0.25) is 4.79 Å². The number of hydrogen-bond donors (Lipinski definition) is 0. The van der Waals surface area contributed by atoms with Crippen LogP contribution in [0.4, 0.5) is 0 Å². The third-order valence-corrected chi connectivity index (χ3v) is 5.36. The average molecular weight is 317 g/mol. The fourth-order valence-electron chi connectivity index (χ4n) is 2.15. The van der Waals surface area contributed by atoms with E-state index in [0.717, 1.165) is 21.3 Å². The smallest absolute Gasteiger partial charge is 0.267 e. The summed E-state index contributed by atoms with van der Waals surface area (Å²) >= 11 is 3.10. The number of benzene rings is 1. The Morgan fingerprint density at radius 1 is 1.29 bits per heavy atom. The zero-order valence-corrected chi connectivity index (χ0v) is 13.5. The lowest BCUT2D eigenvalue weighted by atomic mass is 10.2. The van der Waals surface area contributed by atoms with Crippen molar-refractivity contribution >= 4 is 28.1 Å². The first kappa shape index (κ1) is 14.3. The topological polar surface area (TPSA) is 47.3 Å². The molecule has 2 heterocycles. The Hall–Kier alpha value is -1.66. The van der Waals surface area contributed by atoms with Crippen molar-refractivity contribution in [2.24, 2.45) is 0 Å². The largest absolute Gasteiger partial charge is 0.278 e. The van der Waals surface area contributed by atoms with E-state index in [2.05, 4.69) is 22.2 Å². The molecule has 0 bridgehead atoms. The van der Waals surface area contributed by atoms with Gasteiger partial charge in [0.2, 0.25) is 4.96 Å². The Kier molecular flexibility index (Phi) is 4.07. The van der Waals surface area contributed by atoms with Gasteiger partial charge >= 0.3 is 0 Å². The highest BCUT2D eigenvalue weighted by Crippen LogP contribution is 2.26. The third kappa shape index (κ3) is 2.87. The number of nitrogens with zero attached hydrogens (tertiary/aromatic N) is 3. The van der Waals surface area contributed by atoms with Crippen LogP contribution in [0.15, 0.2) is 39.5 Å². The molecule has 0 aliphatic heterocycles. The summed E-state index contributed by atoms with van der Waals surface area (Å²) in [5, 5.41) is 4.40. The van der Waals surface area contributed by atoms with Crippen LogP contribution in [0.5, 0.6) is 0 Å². The van der Waals surface area contributed by atoms with Gasteiger partial charge in [0, 0.05) is 17.0 Å². The first-order chi connectivity index (χ1) is 10.2. The highest BCUT2D eigenvalue weighted by atomic mass is 32.2. The summed E-state index contributed by atoms with van der Waals surface area (Å²) in [5.74, 6) is 0.842. The molecular weight excluding hydrogens is 302 g/mol. The van der Waals surface area contributed by atoms with Gasteiger partial charge in [0.1, 0.15) is 0 Å². The summed E-state index contributed by atoms with van der Waals surface area (Å²) in [7, 11) is 0. The standard InChI is InChI=1S/C15H15N3OS2/c1-3-12-10(2)16-14-18(13(12)19)17-15(21-14)20-9-11-7-5-4-6-8-11/h4-8H,3,9H2,1-2H3. The molecule has 0 amide bonds. The van der Waals surface area contributed by atoms with Crippen LogP contribution >= 0.6 is 23.1 Å². The van der Waals surface area contributed by atoms with Crippen molar-refractivity contribution in [2.75, 3.05) is 0 Å². The molecular formula is C15H15N3OS2. The molecule has 2 aromatic heterocycles. The van der Waals surface area contributed by atoms with Crippen LogP contribution < -0.4 is 5.56 Å². The van der Waals surface area contributed by atoms with Crippen LogP contribution in [0.3, 0.4) is 0 Å². The summed E-state index contributed by atoms with van der Waals surface area (Å²) in [6.45, 7) is 3.85.